The first-order valence-corrected chi connectivity index (χ1v) is 11.5. The predicted molar refractivity (Wildman–Crippen MR) is 113 cm³/mol. The summed E-state index contributed by atoms with van der Waals surface area (Å²) in [5, 5.41) is 3.32. The molecule has 29 heavy (non-hydrogen) atoms. The maximum atomic E-state index is 12.8. The molecule has 1 aromatic rings. The molecule has 156 valence electrons. The summed E-state index contributed by atoms with van der Waals surface area (Å²) in [5.74, 6) is 3.69. The van der Waals surface area contributed by atoms with Crippen LogP contribution in [0.4, 0.5) is 0 Å². The van der Waals surface area contributed by atoms with E-state index in [1.807, 2.05) is 25.1 Å². The number of hydrogen-bond acceptors (Lipinski definition) is 3. The second-order valence-corrected chi connectivity index (χ2v) is 10.7. The van der Waals surface area contributed by atoms with Gasteiger partial charge in [-0.05, 0) is 80.3 Å². The second-order valence-electron chi connectivity index (χ2n) is 10.7. The molecule has 2 heterocycles. The SMILES string of the molecule is Cc1cccc(OC2=C[C@@]3(C)[C@@H](C[C@H](C)[C@H]4[C@@H]5CCC[C@@]5(C)CC[C@@H]43)NC2=O)n1. The van der Waals surface area contributed by atoms with E-state index in [4.69, 9.17) is 4.74 Å². The van der Waals surface area contributed by atoms with Crippen LogP contribution >= 0.6 is 0 Å². The van der Waals surface area contributed by atoms with E-state index in [-0.39, 0.29) is 17.4 Å². The Bertz CT molecular complexity index is 864. The molecule has 3 fully saturated rings. The van der Waals surface area contributed by atoms with Crippen LogP contribution in [0.15, 0.2) is 30.0 Å². The standard InChI is InChI=1S/C25H34N2O2/c1-15-13-20-25(4,18-10-12-24(3)11-6-8-17(24)22(15)18)14-19(23(28)27-20)29-21-9-5-7-16(2)26-21/h5,7,9,14-15,17-18,20,22H,6,8,10-13H2,1-4H3,(H,27,28)/t15-,17-,18-,20+,22-,24-,25+/m0/s1. The van der Waals surface area contributed by atoms with Gasteiger partial charge in [0.25, 0.3) is 5.91 Å². The number of amides is 1. The summed E-state index contributed by atoms with van der Waals surface area (Å²) in [6, 6.07) is 5.89. The predicted octanol–water partition coefficient (Wildman–Crippen LogP) is 5.03. The van der Waals surface area contributed by atoms with Crippen LogP contribution < -0.4 is 10.1 Å². The van der Waals surface area contributed by atoms with E-state index >= 15 is 0 Å². The summed E-state index contributed by atoms with van der Waals surface area (Å²) < 4.78 is 6.01. The monoisotopic (exact) mass is 394 g/mol. The molecule has 0 unspecified atom stereocenters. The van der Waals surface area contributed by atoms with E-state index in [0.29, 0.717) is 28.9 Å². The lowest BCUT2D eigenvalue weighted by atomic mass is 9.46. The summed E-state index contributed by atoms with van der Waals surface area (Å²) in [6.45, 7) is 9.27. The van der Waals surface area contributed by atoms with Gasteiger partial charge in [-0.25, -0.2) is 4.98 Å². The first kappa shape index (κ1) is 19.1. The molecule has 3 saturated carbocycles. The van der Waals surface area contributed by atoms with Gasteiger partial charge in [-0.2, -0.15) is 0 Å². The van der Waals surface area contributed by atoms with Gasteiger partial charge in [-0.1, -0.05) is 33.3 Å². The number of pyridine rings is 1. The Kier molecular flexibility index (Phi) is 4.34. The number of nitrogens with zero attached hydrogens (tertiary/aromatic N) is 1. The van der Waals surface area contributed by atoms with Gasteiger partial charge in [0, 0.05) is 23.2 Å². The van der Waals surface area contributed by atoms with Gasteiger partial charge in [-0.15, -0.1) is 0 Å². The molecule has 0 saturated heterocycles. The van der Waals surface area contributed by atoms with Crippen LogP contribution in [-0.4, -0.2) is 16.9 Å². The highest BCUT2D eigenvalue weighted by Crippen LogP contribution is 2.64. The van der Waals surface area contributed by atoms with Gasteiger partial charge in [0.15, 0.2) is 5.76 Å². The van der Waals surface area contributed by atoms with E-state index in [1.54, 1.807) is 0 Å². The van der Waals surface area contributed by atoms with Crippen LogP contribution in [0.1, 0.15) is 65.0 Å². The summed E-state index contributed by atoms with van der Waals surface area (Å²) in [7, 11) is 0. The highest BCUT2D eigenvalue weighted by Gasteiger charge is 2.60. The maximum Gasteiger partial charge on any atom is 0.287 e. The van der Waals surface area contributed by atoms with Gasteiger partial charge in [0.1, 0.15) is 0 Å². The number of rotatable bonds is 2. The number of aromatic nitrogens is 1. The topological polar surface area (TPSA) is 51.2 Å². The third kappa shape index (κ3) is 2.93. The van der Waals surface area contributed by atoms with Gasteiger partial charge < -0.3 is 10.1 Å². The van der Waals surface area contributed by atoms with Crippen molar-refractivity contribution in [3.05, 3.63) is 35.7 Å². The molecule has 5 rings (SSSR count). The Morgan fingerprint density at radius 1 is 1.17 bits per heavy atom. The smallest absolute Gasteiger partial charge is 0.287 e. The zero-order valence-corrected chi connectivity index (χ0v) is 18.2. The first-order chi connectivity index (χ1) is 13.8. The van der Waals surface area contributed by atoms with Crippen molar-refractivity contribution < 1.29 is 9.53 Å². The summed E-state index contributed by atoms with van der Waals surface area (Å²) in [4.78, 5) is 17.3. The number of carbonyl (C=O) groups excluding carboxylic acids is 1. The molecule has 7 atom stereocenters. The van der Waals surface area contributed by atoms with Crippen LogP contribution in [-0.2, 0) is 4.79 Å². The van der Waals surface area contributed by atoms with Crippen LogP contribution in [0.25, 0.3) is 0 Å². The second kappa shape index (κ2) is 6.58. The molecule has 0 radical (unpaired) electrons. The Morgan fingerprint density at radius 3 is 2.79 bits per heavy atom. The maximum absolute atomic E-state index is 12.8. The minimum Gasteiger partial charge on any atom is -0.434 e. The lowest BCUT2D eigenvalue weighted by Crippen LogP contribution is -2.62. The van der Waals surface area contributed by atoms with E-state index in [9.17, 15) is 4.79 Å². The molecule has 1 aliphatic heterocycles. The van der Waals surface area contributed by atoms with Gasteiger partial charge >= 0.3 is 0 Å². The number of hydrogen-bond donors (Lipinski definition) is 1. The van der Waals surface area contributed by atoms with Crippen molar-refractivity contribution >= 4 is 5.91 Å². The molecule has 1 aromatic heterocycles. The fraction of sp³-hybridized carbons (Fsp3) is 0.680. The summed E-state index contributed by atoms with van der Waals surface area (Å²) in [6.07, 6.45) is 9.99. The third-order valence-electron chi connectivity index (χ3n) is 8.98. The van der Waals surface area contributed by atoms with E-state index in [1.165, 1.54) is 32.1 Å². The normalized spacial score (nSPS) is 43.5. The lowest BCUT2D eigenvalue weighted by Gasteiger charge is -2.60. The largest absolute Gasteiger partial charge is 0.434 e. The van der Waals surface area contributed by atoms with E-state index in [2.05, 4.69) is 37.1 Å². The molecule has 4 heteroatoms. The molecule has 4 nitrogen and oxygen atoms in total. The van der Waals surface area contributed by atoms with Crippen molar-refractivity contribution in [2.75, 3.05) is 0 Å². The van der Waals surface area contributed by atoms with Crippen molar-refractivity contribution in [1.82, 2.24) is 10.3 Å². The first-order valence-electron chi connectivity index (χ1n) is 11.5. The van der Waals surface area contributed by atoms with Crippen LogP contribution in [0.3, 0.4) is 0 Å². The Morgan fingerprint density at radius 2 is 2.00 bits per heavy atom. The summed E-state index contributed by atoms with van der Waals surface area (Å²) in [5.41, 5.74) is 1.38. The van der Waals surface area contributed by atoms with Crippen LogP contribution in [0.5, 0.6) is 5.88 Å². The van der Waals surface area contributed by atoms with Gasteiger partial charge in [0.2, 0.25) is 5.88 Å². The number of fused-ring (bicyclic) bond motifs is 5. The minimum atomic E-state index is -0.0945. The number of aryl methyl sites for hydroxylation is 1. The average molecular weight is 395 g/mol. The average Bonchev–Trinajstić information content (AvgIpc) is 3.06. The molecule has 1 amide bonds. The van der Waals surface area contributed by atoms with Gasteiger partial charge in [0.05, 0.1) is 0 Å². The van der Waals surface area contributed by atoms with E-state index < -0.39 is 0 Å². The highest BCUT2D eigenvalue weighted by atomic mass is 16.5. The number of nitrogens with one attached hydrogen (secondary N) is 1. The number of carbonyl (C=O) groups is 1. The van der Waals surface area contributed by atoms with Gasteiger partial charge in [-0.3, -0.25) is 4.79 Å². The van der Waals surface area contributed by atoms with Crippen molar-refractivity contribution in [2.24, 2.45) is 34.5 Å². The molecule has 0 aromatic carbocycles. The summed E-state index contributed by atoms with van der Waals surface area (Å²) >= 11 is 0. The van der Waals surface area contributed by atoms with Crippen molar-refractivity contribution in [2.45, 2.75) is 72.3 Å². The molecule has 4 aliphatic rings. The molecule has 0 bridgehead atoms. The molecule has 1 N–H and O–H groups in total. The van der Waals surface area contributed by atoms with Crippen molar-refractivity contribution in [3.63, 3.8) is 0 Å². The molecule has 3 aliphatic carbocycles. The Balaban J connectivity index is 1.50. The fourth-order valence-electron chi connectivity index (χ4n) is 7.51. The lowest BCUT2D eigenvalue weighted by molar-refractivity contribution is -0.128. The Labute approximate surface area is 174 Å². The van der Waals surface area contributed by atoms with Crippen molar-refractivity contribution in [1.29, 1.82) is 0 Å². The molecular formula is C25H34N2O2. The fourth-order valence-corrected chi connectivity index (χ4v) is 7.51. The van der Waals surface area contributed by atoms with Crippen LogP contribution in [0, 0.1) is 41.4 Å². The Hall–Kier alpha value is -1.84. The molecule has 0 spiro atoms. The molecular weight excluding hydrogens is 360 g/mol. The minimum absolute atomic E-state index is 0.0475. The zero-order valence-electron chi connectivity index (χ0n) is 18.2. The third-order valence-corrected chi connectivity index (χ3v) is 8.98. The number of ether oxygens (including phenoxy) is 1. The van der Waals surface area contributed by atoms with Crippen molar-refractivity contribution in [3.8, 4) is 5.88 Å². The van der Waals surface area contributed by atoms with E-state index in [0.717, 1.165) is 24.0 Å². The highest BCUT2D eigenvalue weighted by molar-refractivity contribution is 5.93. The zero-order chi connectivity index (χ0) is 20.4. The van der Waals surface area contributed by atoms with Crippen LogP contribution in [0.2, 0.25) is 0 Å². The quantitative estimate of drug-likeness (QED) is 0.765.